The van der Waals surface area contributed by atoms with E-state index in [9.17, 15) is 9.18 Å². The van der Waals surface area contributed by atoms with Crippen molar-refractivity contribution < 1.29 is 9.18 Å². The van der Waals surface area contributed by atoms with Crippen molar-refractivity contribution in [3.8, 4) is 0 Å². The highest BCUT2D eigenvalue weighted by Crippen LogP contribution is 2.25. The number of halogens is 2. The molecule has 1 aliphatic rings. The number of benzene rings is 2. The standard InChI is InChI=1S/C19H20ClFN2O/c1-12(14-3-2-4-15(20)11-14)22-18(19(24)23-17-9-10-17)13-5-7-16(21)8-6-13/h2-8,11-12,17-18,22H,9-10H2,1H3,(H,23,24)/t12-,18-/m1/s1. The number of rotatable bonds is 6. The lowest BCUT2D eigenvalue weighted by atomic mass is 10.0. The summed E-state index contributed by atoms with van der Waals surface area (Å²) in [6, 6.07) is 13.2. The predicted octanol–water partition coefficient (Wildman–Crippen LogP) is 4.15. The first-order valence-electron chi connectivity index (χ1n) is 8.10. The minimum Gasteiger partial charge on any atom is -0.352 e. The van der Waals surface area contributed by atoms with Gasteiger partial charge in [0.25, 0.3) is 0 Å². The largest absolute Gasteiger partial charge is 0.352 e. The lowest BCUT2D eigenvalue weighted by Gasteiger charge is -2.24. The van der Waals surface area contributed by atoms with E-state index in [1.807, 2.05) is 31.2 Å². The van der Waals surface area contributed by atoms with Crippen LogP contribution >= 0.6 is 11.6 Å². The van der Waals surface area contributed by atoms with Crippen molar-refractivity contribution in [1.29, 1.82) is 0 Å². The number of nitrogens with one attached hydrogen (secondary N) is 2. The molecule has 0 unspecified atom stereocenters. The van der Waals surface area contributed by atoms with E-state index in [1.54, 1.807) is 12.1 Å². The van der Waals surface area contributed by atoms with Crippen LogP contribution in [-0.2, 0) is 4.79 Å². The summed E-state index contributed by atoms with van der Waals surface area (Å²) in [6.45, 7) is 1.98. The van der Waals surface area contributed by atoms with Gasteiger partial charge in [-0.05, 0) is 55.2 Å². The first-order valence-corrected chi connectivity index (χ1v) is 8.48. The van der Waals surface area contributed by atoms with Crippen LogP contribution < -0.4 is 10.6 Å². The third-order valence-electron chi connectivity index (χ3n) is 4.15. The molecule has 0 aliphatic heterocycles. The van der Waals surface area contributed by atoms with Gasteiger partial charge in [0.1, 0.15) is 11.9 Å². The summed E-state index contributed by atoms with van der Waals surface area (Å²) in [7, 11) is 0. The molecule has 2 aromatic rings. The summed E-state index contributed by atoms with van der Waals surface area (Å²) >= 11 is 6.05. The Morgan fingerprint density at radius 2 is 1.88 bits per heavy atom. The minimum atomic E-state index is -0.541. The molecule has 24 heavy (non-hydrogen) atoms. The molecule has 0 bridgehead atoms. The zero-order valence-corrected chi connectivity index (χ0v) is 14.2. The summed E-state index contributed by atoms with van der Waals surface area (Å²) < 4.78 is 13.2. The number of carbonyl (C=O) groups is 1. The molecular formula is C19H20ClFN2O. The summed E-state index contributed by atoms with van der Waals surface area (Å²) in [5.74, 6) is -0.402. The Hall–Kier alpha value is -1.91. The Morgan fingerprint density at radius 3 is 2.50 bits per heavy atom. The van der Waals surface area contributed by atoms with Crippen molar-refractivity contribution in [2.24, 2.45) is 0 Å². The maximum atomic E-state index is 13.2. The first-order chi connectivity index (χ1) is 11.5. The molecule has 1 fully saturated rings. The van der Waals surface area contributed by atoms with Crippen LogP contribution in [0, 0.1) is 5.82 Å². The van der Waals surface area contributed by atoms with E-state index in [1.165, 1.54) is 12.1 Å². The molecule has 126 valence electrons. The van der Waals surface area contributed by atoms with Crippen LogP contribution in [-0.4, -0.2) is 11.9 Å². The quantitative estimate of drug-likeness (QED) is 0.825. The molecule has 1 saturated carbocycles. The Morgan fingerprint density at radius 1 is 1.17 bits per heavy atom. The molecule has 3 rings (SSSR count). The van der Waals surface area contributed by atoms with Gasteiger partial charge in [0.2, 0.25) is 5.91 Å². The smallest absolute Gasteiger partial charge is 0.241 e. The van der Waals surface area contributed by atoms with Crippen LogP contribution in [0.3, 0.4) is 0 Å². The second kappa shape index (κ2) is 7.32. The van der Waals surface area contributed by atoms with Crippen LogP contribution in [0.1, 0.15) is 43.0 Å². The van der Waals surface area contributed by atoms with Gasteiger partial charge in [-0.25, -0.2) is 4.39 Å². The van der Waals surface area contributed by atoms with Crippen molar-refractivity contribution in [1.82, 2.24) is 10.6 Å². The molecule has 1 aliphatic carbocycles. The lowest BCUT2D eigenvalue weighted by molar-refractivity contribution is -0.123. The van der Waals surface area contributed by atoms with Crippen LogP contribution in [0.5, 0.6) is 0 Å². The zero-order valence-electron chi connectivity index (χ0n) is 13.4. The van der Waals surface area contributed by atoms with Crippen molar-refractivity contribution >= 4 is 17.5 Å². The van der Waals surface area contributed by atoms with E-state index in [0.29, 0.717) is 5.02 Å². The Kier molecular flexibility index (Phi) is 5.17. The van der Waals surface area contributed by atoms with Gasteiger partial charge in [0.15, 0.2) is 0 Å². The van der Waals surface area contributed by atoms with Crippen LogP contribution in [0.4, 0.5) is 4.39 Å². The van der Waals surface area contributed by atoms with Gasteiger partial charge >= 0.3 is 0 Å². The van der Waals surface area contributed by atoms with E-state index < -0.39 is 6.04 Å². The number of amides is 1. The third-order valence-corrected chi connectivity index (χ3v) is 4.39. The SMILES string of the molecule is C[C@@H](N[C@@H](C(=O)NC1CC1)c1ccc(F)cc1)c1cccc(Cl)c1. The minimum absolute atomic E-state index is 0.0799. The summed E-state index contributed by atoms with van der Waals surface area (Å²) in [5.41, 5.74) is 1.73. The Balaban J connectivity index is 1.80. The maximum absolute atomic E-state index is 13.2. The maximum Gasteiger partial charge on any atom is 0.241 e. The van der Waals surface area contributed by atoms with Crippen LogP contribution in [0.25, 0.3) is 0 Å². The summed E-state index contributed by atoms with van der Waals surface area (Å²) in [5, 5.41) is 7.00. The highest BCUT2D eigenvalue weighted by Gasteiger charge is 2.29. The Labute approximate surface area is 146 Å². The fourth-order valence-electron chi connectivity index (χ4n) is 2.61. The van der Waals surface area contributed by atoms with E-state index >= 15 is 0 Å². The summed E-state index contributed by atoms with van der Waals surface area (Å²) in [4.78, 5) is 12.6. The van der Waals surface area contributed by atoms with Gasteiger partial charge in [-0.15, -0.1) is 0 Å². The van der Waals surface area contributed by atoms with Crippen molar-refractivity contribution in [3.05, 3.63) is 70.5 Å². The first kappa shape index (κ1) is 16.9. The molecule has 0 radical (unpaired) electrons. The predicted molar refractivity (Wildman–Crippen MR) is 93.3 cm³/mol. The average molecular weight is 347 g/mol. The molecule has 3 nitrogen and oxygen atoms in total. The van der Waals surface area contributed by atoms with Gasteiger partial charge in [0, 0.05) is 17.1 Å². The number of carbonyl (C=O) groups excluding carboxylic acids is 1. The van der Waals surface area contributed by atoms with Crippen molar-refractivity contribution in [2.45, 2.75) is 37.9 Å². The van der Waals surface area contributed by atoms with Gasteiger partial charge in [-0.1, -0.05) is 35.9 Å². The highest BCUT2D eigenvalue weighted by atomic mass is 35.5. The van der Waals surface area contributed by atoms with Crippen LogP contribution in [0.15, 0.2) is 48.5 Å². The van der Waals surface area contributed by atoms with Gasteiger partial charge < -0.3 is 5.32 Å². The fourth-order valence-corrected chi connectivity index (χ4v) is 2.81. The third kappa shape index (κ3) is 4.34. The van der Waals surface area contributed by atoms with Crippen molar-refractivity contribution in [3.63, 3.8) is 0 Å². The van der Waals surface area contributed by atoms with Gasteiger partial charge in [-0.2, -0.15) is 0 Å². The monoisotopic (exact) mass is 346 g/mol. The fraction of sp³-hybridized carbons (Fsp3) is 0.316. The second-order valence-electron chi connectivity index (χ2n) is 6.21. The molecule has 0 saturated heterocycles. The molecule has 0 aromatic heterocycles. The molecule has 2 aromatic carbocycles. The molecule has 2 atom stereocenters. The normalized spacial score (nSPS) is 16.5. The lowest BCUT2D eigenvalue weighted by Crippen LogP contribution is -2.39. The number of hydrogen-bond donors (Lipinski definition) is 2. The highest BCUT2D eigenvalue weighted by molar-refractivity contribution is 6.30. The molecular weight excluding hydrogens is 327 g/mol. The topological polar surface area (TPSA) is 41.1 Å². The summed E-state index contributed by atoms with van der Waals surface area (Å²) in [6.07, 6.45) is 2.04. The average Bonchev–Trinajstić information content (AvgIpc) is 3.37. The van der Waals surface area contributed by atoms with Gasteiger partial charge in [0.05, 0.1) is 0 Å². The van der Waals surface area contributed by atoms with E-state index in [-0.39, 0.29) is 23.8 Å². The molecule has 5 heteroatoms. The van der Waals surface area contributed by atoms with E-state index in [4.69, 9.17) is 11.6 Å². The van der Waals surface area contributed by atoms with E-state index in [2.05, 4.69) is 10.6 Å². The number of hydrogen-bond acceptors (Lipinski definition) is 2. The van der Waals surface area contributed by atoms with E-state index in [0.717, 1.165) is 24.0 Å². The molecule has 2 N–H and O–H groups in total. The van der Waals surface area contributed by atoms with Gasteiger partial charge in [-0.3, -0.25) is 10.1 Å². The van der Waals surface area contributed by atoms with Crippen molar-refractivity contribution in [2.75, 3.05) is 0 Å². The molecule has 0 spiro atoms. The second-order valence-corrected chi connectivity index (χ2v) is 6.65. The Bertz CT molecular complexity index is 716. The zero-order chi connectivity index (χ0) is 17.1. The van der Waals surface area contributed by atoms with Crippen LogP contribution in [0.2, 0.25) is 5.02 Å². The molecule has 1 amide bonds. The molecule has 0 heterocycles.